The van der Waals surface area contributed by atoms with E-state index in [0.717, 1.165) is 9.87 Å². The van der Waals surface area contributed by atoms with E-state index >= 15 is 0 Å². The Morgan fingerprint density at radius 2 is 1.90 bits per heavy atom. The molecule has 0 saturated carbocycles. The molecule has 0 atom stereocenters. The molecule has 1 aromatic carbocycles. The molecule has 1 N–H and O–H groups in total. The third-order valence-corrected chi connectivity index (χ3v) is 7.40. The molecule has 0 aliphatic carbocycles. The number of hydrogen-bond donors (Lipinski definition) is 1. The first kappa shape index (κ1) is 23.2. The van der Waals surface area contributed by atoms with E-state index in [1.807, 2.05) is 23.6 Å². The molecule has 0 fully saturated rings. The maximum absolute atomic E-state index is 12.5. The van der Waals surface area contributed by atoms with E-state index in [-0.39, 0.29) is 27.3 Å². The van der Waals surface area contributed by atoms with Crippen LogP contribution in [0, 0.1) is 0 Å². The molecule has 0 bridgehead atoms. The van der Waals surface area contributed by atoms with E-state index in [4.69, 9.17) is 11.6 Å². The van der Waals surface area contributed by atoms with Crippen LogP contribution in [0.5, 0.6) is 0 Å². The van der Waals surface area contributed by atoms with E-state index in [9.17, 15) is 13.2 Å². The Balaban J connectivity index is 1.72. The van der Waals surface area contributed by atoms with Crippen molar-refractivity contribution in [3.05, 3.63) is 47.7 Å². The second-order valence-electron chi connectivity index (χ2n) is 6.55. The Labute approximate surface area is 189 Å². The summed E-state index contributed by atoms with van der Waals surface area (Å²) in [4.78, 5) is 16.5. The number of amides is 1. The lowest BCUT2D eigenvalue weighted by Crippen LogP contribution is -2.22. The first-order chi connectivity index (χ1) is 14.7. The van der Waals surface area contributed by atoms with Gasteiger partial charge in [-0.1, -0.05) is 23.4 Å². The maximum atomic E-state index is 12.5. The topological polar surface area (TPSA) is 110 Å². The molecule has 1 amide bonds. The van der Waals surface area contributed by atoms with E-state index in [0.29, 0.717) is 17.5 Å². The molecule has 0 saturated heterocycles. The molecule has 2 aromatic heterocycles. The predicted octanol–water partition coefficient (Wildman–Crippen LogP) is 2.99. The summed E-state index contributed by atoms with van der Waals surface area (Å²) in [5.74, 6) is 0.398. The van der Waals surface area contributed by atoms with Crippen molar-refractivity contribution >= 4 is 45.0 Å². The summed E-state index contributed by atoms with van der Waals surface area (Å²) in [5, 5.41) is 11.9. The summed E-state index contributed by atoms with van der Waals surface area (Å²) < 4.78 is 27.7. The lowest BCUT2D eigenvalue weighted by Gasteiger charge is -2.14. The van der Waals surface area contributed by atoms with E-state index in [2.05, 4.69) is 20.5 Å². The zero-order valence-corrected chi connectivity index (χ0v) is 19.5. The molecule has 0 unspecified atom stereocenters. The van der Waals surface area contributed by atoms with Crippen molar-refractivity contribution in [1.82, 2.24) is 24.1 Å². The molecule has 2 heterocycles. The highest BCUT2D eigenvalue weighted by molar-refractivity contribution is 7.99. The number of hydrogen-bond acceptors (Lipinski definition) is 7. The average molecular weight is 481 g/mol. The van der Waals surface area contributed by atoms with Gasteiger partial charge in [-0.25, -0.2) is 12.7 Å². The molecule has 31 heavy (non-hydrogen) atoms. The second-order valence-corrected chi connectivity index (χ2v) is 10.1. The predicted molar refractivity (Wildman–Crippen MR) is 121 cm³/mol. The fraction of sp³-hybridized carbons (Fsp3) is 0.263. The Morgan fingerprint density at radius 3 is 2.55 bits per heavy atom. The van der Waals surface area contributed by atoms with Crippen LogP contribution in [0.1, 0.15) is 6.92 Å². The van der Waals surface area contributed by atoms with E-state index in [1.165, 1.54) is 44.1 Å². The lowest BCUT2D eigenvalue weighted by molar-refractivity contribution is -0.113. The number of nitrogens with one attached hydrogen (secondary N) is 1. The van der Waals surface area contributed by atoms with E-state index < -0.39 is 10.0 Å². The average Bonchev–Trinajstić information content (AvgIpc) is 3.17. The summed E-state index contributed by atoms with van der Waals surface area (Å²) in [6.07, 6.45) is 3.36. The molecule has 3 aromatic rings. The second kappa shape index (κ2) is 9.77. The number of nitrogens with zero attached hydrogens (tertiary/aromatic N) is 5. The zero-order chi connectivity index (χ0) is 22.6. The highest BCUT2D eigenvalue weighted by atomic mass is 35.5. The fourth-order valence-electron chi connectivity index (χ4n) is 2.68. The van der Waals surface area contributed by atoms with Gasteiger partial charge < -0.3 is 9.88 Å². The van der Waals surface area contributed by atoms with Gasteiger partial charge >= 0.3 is 0 Å². The van der Waals surface area contributed by atoms with Crippen LogP contribution in [0.25, 0.3) is 11.4 Å². The molecule has 0 aliphatic heterocycles. The van der Waals surface area contributed by atoms with E-state index in [1.54, 1.807) is 12.4 Å². The molecule has 164 valence electrons. The third-order valence-electron chi connectivity index (χ3n) is 4.29. The summed E-state index contributed by atoms with van der Waals surface area (Å²) in [6, 6.07) is 7.86. The van der Waals surface area contributed by atoms with Crippen molar-refractivity contribution in [2.45, 2.75) is 23.5 Å². The van der Waals surface area contributed by atoms with Crippen LogP contribution in [-0.2, 0) is 21.4 Å². The summed E-state index contributed by atoms with van der Waals surface area (Å²) in [6.45, 7) is 2.60. The van der Waals surface area contributed by atoms with Crippen molar-refractivity contribution in [2.24, 2.45) is 0 Å². The number of anilines is 1. The molecule has 3 rings (SSSR count). The highest BCUT2D eigenvalue weighted by Gasteiger charge is 2.20. The number of carbonyl (C=O) groups excluding carboxylic acids is 1. The van der Waals surface area contributed by atoms with Crippen LogP contribution in [0.2, 0.25) is 5.02 Å². The quantitative estimate of drug-likeness (QED) is 0.493. The number of sulfonamides is 1. The van der Waals surface area contributed by atoms with Crippen LogP contribution >= 0.6 is 23.4 Å². The van der Waals surface area contributed by atoms with Crippen LogP contribution in [0.15, 0.2) is 52.8 Å². The van der Waals surface area contributed by atoms with Crippen LogP contribution in [0.4, 0.5) is 5.69 Å². The maximum Gasteiger partial charge on any atom is 0.242 e. The Kier molecular flexibility index (Phi) is 7.31. The van der Waals surface area contributed by atoms with Gasteiger partial charge in [0.15, 0.2) is 11.0 Å². The SMILES string of the molecule is CCn1c(SCC(=O)Nc2cc(S(=O)(=O)N(C)C)ccc2Cl)nnc1-c1ccncc1. The van der Waals surface area contributed by atoms with Gasteiger partial charge in [-0.05, 0) is 37.3 Å². The number of pyridine rings is 1. The molecule has 0 radical (unpaired) electrons. The van der Waals surface area contributed by atoms with Crippen LogP contribution in [0.3, 0.4) is 0 Å². The van der Waals surface area contributed by atoms with Gasteiger partial charge in [0.25, 0.3) is 0 Å². The van der Waals surface area contributed by atoms with Crippen molar-refractivity contribution in [3.63, 3.8) is 0 Å². The molecular formula is C19H21ClN6O3S2. The van der Waals surface area contributed by atoms with Gasteiger partial charge in [0.2, 0.25) is 15.9 Å². The Hall–Kier alpha value is -2.47. The third kappa shape index (κ3) is 5.24. The standard InChI is InChI=1S/C19H21ClN6O3S2/c1-4-26-18(13-7-9-21-10-8-13)23-24-19(26)30-12-17(27)22-16-11-14(5-6-15(16)20)31(28,29)25(2)3/h5-11H,4,12H2,1-3H3,(H,22,27). The Bertz CT molecular complexity index is 1180. The monoisotopic (exact) mass is 480 g/mol. The number of benzene rings is 1. The molecule has 0 aliphatic rings. The van der Waals surface area contributed by atoms with Crippen molar-refractivity contribution in [3.8, 4) is 11.4 Å². The molecule has 0 spiro atoms. The summed E-state index contributed by atoms with van der Waals surface area (Å²) in [5.41, 5.74) is 1.11. The number of carbonyl (C=O) groups is 1. The van der Waals surface area contributed by atoms with Crippen molar-refractivity contribution in [1.29, 1.82) is 0 Å². The van der Waals surface area contributed by atoms with Gasteiger partial charge in [-0.2, -0.15) is 0 Å². The molecular weight excluding hydrogens is 460 g/mol. The summed E-state index contributed by atoms with van der Waals surface area (Å²) >= 11 is 7.37. The minimum absolute atomic E-state index is 0.0394. The number of rotatable bonds is 8. The number of aromatic nitrogens is 4. The smallest absolute Gasteiger partial charge is 0.242 e. The first-order valence-corrected chi connectivity index (χ1v) is 12.0. The van der Waals surface area contributed by atoms with Crippen LogP contribution < -0.4 is 5.32 Å². The fourth-order valence-corrected chi connectivity index (χ4v) is 4.58. The number of thioether (sulfide) groups is 1. The van der Waals surface area contributed by atoms with Gasteiger partial charge in [0.1, 0.15) is 0 Å². The zero-order valence-electron chi connectivity index (χ0n) is 17.1. The van der Waals surface area contributed by atoms with Gasteiger partial charge in [-0.3, -0.25) is 9.78 Å². The van der Waals surface area contributed by atoms with Crippen molar-refractivity contribution in [2.75, 3.05) is 25.2 Å². The largest absolute Gasteiger partial charge is 0.324 e. The number of halogens is 1. The van der Waals surface area contributed by atoms with Gasteiger partial charge in [0.05, 0.1) is 21.4 Å². The van der Waals surface area contributed by atoms with Gasteiger partial charge in [-0.15, -0.1) is 10.2 Å². The Morgan fingerprint density at radius 1 is 1.19 bits per heavy atom. The molecule has 12 heteroatoms. The minimum Gasteiger partial charge on any atom is -0.324 e. The minimum atomic E-state index is -3.65. The summed E-state index contributed by atoms with van der Waals surface area (Å²) in [7, 11) is -0.781. The van der Waals surface area contributed by atoms with Gasteiger partial charge in [0, 0.05) is 38.6 Å². The highest BCUT2D eigenvalue weighted by Crippen LogP contribution is 2.27. The van der Waals surface area contributed by atoms with Crippen LogP contribution in [-0.4, -0.2) is 58.2 Å². The first-order valence-electron chi connectivity index (χ1n) is 9.22. The molecule has 9 nitrogen and oxygen atoms in total. The van der Waals surface area contributed by atoms with Crippen molar-refractivity contribution < 1.29 is 13.2 Å². The lowest BCUT2D eigenvalue weighted by atomic mass is 10.2. The normalized spacial score (nSPS) is 11.6.